The molecule has 158 valence electrons. The molecule has 2 aromatic carbocycles. The first-order valence-corrected chi connectivity index (χ1v) is 10.0. The molecule has 1 aliphatic carbocycles. The molecule has 2 aromatic rings. The Morgan fingerprint density at radius 3 is 2.40 bits per heavy atom. The second-order valence-corrected chi connectivity index (χ2v) is 7.87. The van der Waals surface area contributed by atoms with E-state index >= 15 is 0 Å². The van der Waals surface area contributed by atoms with E-state index in [4.69, 9.17) is 0 Å². The van der Waals surface area contributed by atoms with Crippen molar-refractivity contribution in [2.24, 2.45) is 0 Å². The van der Waals surface area contributed by atoms with Crippen molar-refractivity contribution in [3.05, 3.63) is 82.2 Å². The molecule has 6 heteroatoms. The van der Waals surface area contributed by atoms with Crippen molar-refractivity contribution in [2.75, 3.05) is 27.7 Å². The van der Waals surface area contributed by atoms with E-state index in [9.17, 15) is 14.0 Å². The van der Waals surface area contributed by atoms with Gasteiger partial charge in [0, 0.05) is 31.1 Å². The quantitative estimate of drug-likeness (QED) is 0.705. The average Bonchev–Trinajstić information content (AvgIpc) is 3.41. The lowest BCUT2D eigenvalue weighted by molar-refractivity contribution is -0.117. The molecule has 2 N–H and O–H groups in total. The van der Waals surface area contributed by atoms with E-state index in [2.05, 4.69) is 10.6 Å². The summed E-state index contributed by atoms with van der Waals surface area (Å²) in [6.07, 6.45) is 0.554. The minimum Gasteiger partial charge on any atom is -0.355 e. The van der Waals surface area contributed by atoms with Gasteiger partial charge in [-0.15, -0.1) is 0 Å². The van der Waals surface area contributed by atoms with Crippen molar-refractivity contribution >= 4 is 11.8 Å². The fraction of sp³-hybridized carbons (Fsp3) is 0.333. The maximum atomic E-state index is 14.3. The summed E-state index contributed by atoms with van der Waals surface area (Å²) in [5, 5.41) is 5.46. The first-order valence-electron chi connectivity index (χ1n) is 10.0. The lowest BCUT2D eigenvalue weighted by Crippen LogP contribution is -2.41. The zero-order valence-corrected chi connectivity index (χ0v) is 17.8. The molecule has 0 bridgehead atoms. The molecule has 0 unspecified atom stereocenters. The van der Waals surface area contributed by atoms with Gasteiger partial charge in [0.1, 0.15) is 5.82 Å². The zero-order chi connectivity index (χ0) is 21.8. The summed E-state index contributed by atoms with van der Waals surface area (Å²) >= 11 is 0. The Morgan fingerprint density at radius 2 is 1.80 bits per heavy atom. The van der Waals surface area contributed by atoms with Gasteiger partial charge in [-0.05, 0) is 50.7 Å². The normalized spacial score (nSPS) is 16.4. The van der Waals surface area contributed by atoms with Gasteiger partial charge in [-0.1, -0.05) is 42.0 Å². The number of carbonyl (C=O) groups is 2. The second kappa shape index (κ2) is 9.22. The van der Waals surface area contributed by atoms with Gasteiger partial charge in [-0.3, -0.25) is 9.59 Å². The maximum absolute atomic E-state index is 14.3. The van der Waals surface area contributed by atoms with Crippen LogP contribution in [0.15, 0.2) is 59.7 Å². The molecule has 1 aliphatic rings. The Kier molecular flexibility index (Phi) is 6.67. The summed E-state index contributed by atoms with van der Waals surface area (Å²) in [6, 6.07) is 14.6. The third-order valence-corrected chi connectivity index (χ3v) is 5.65. The number of likely N-dealkylation sites (N-methyl/N-ethyl adjacent to an activating group) is 1. The molecule has 0 spiro atoms. The van der Waals surface area contributed by atoms with Crippen LogP contribution in [0.5, 0.6) is 0 Å². The Morgan fingerprint density at radius 1 is 1.10 bits per heavy atom. The number of halogens is 1. The van der Waals surface area contributed by atoms with Crippen molar-refractivity contribution in [2.45, 2.75) is 25.3 Å². The molecule has 2 amide bonds. The van der Waals surface area contributed by atoms with E-state index in [1.54, 1.807) is 6.07 Å². The van der Waals surface area contributed by atoms with Gasteiger partial charge in [0.2, 0.25) is 5.91 Å². The Hall–Kier alpha value is -2.99. The number of nitrogens with one attached hydrogen (secondary N) is 2. The number of rotatable bonds is 8. The molecule has 3 rings (SSSR count). The number of hydrogen-bond acceptors (Lipinski definition) is 3. The average molecular weight is 410 g/mol. The Labute approximate surface area is 177 Å². The molecule has 5 nitrogen and oxygen atoms in total. The molecule has 2 atom stereocenters. The predicted octanol–water partition coefficient (Wildman–Crippen LogP) is 2.89. The Bertz CT molecular complexity index is 970. The smallest absolute Gasteiger partial charge is 0.253 e. The van der Waals surface area contributed by atoms with Gasteiger partial charge in [-0.25, -0.2) is 4.39 Å². The number of amides is 2. The summed E-state index contributed by atoms with van der Waals surface area (Å²) in [4.78, 5) is 26.4. The lowest BCUT2D eigenvalue weighted by atomic mass is 10.0. The van der Waals surface area contributed by atoms with Gasteiger partial charge in [0.25, 0.3) is 5.91 Å². The van der Waals surface area contributed by atoms with Crippen molar-refractivity contribution in [1.29, 1.82) is 0 Å². The highest BCUT2D eigenvalue weighted by Gasteiger charge is 2.39. The fourth-order valence-electron chi connectivity index (χ4n) is 3.72. The van der Waals surface area contributed by atoms with Gasteiger partial charge >= 0.3 is 0 Å². The van der Waals surface area contributed by atoms with Crippen LogP contribution in [0.25, 0.3) is 0 Å². The van der Waals surface area contributed by atoms with Crippen LogP contribution >= 0.6 is 0 Å². The van der Waals surface area contributed by atoms with Crippen LogP contribution in [-0.2, 0) is 11.2 Å². The number of carbonyl (C=O) groups excluding carboxylic acids is 2. The molecule has 0 saturated heterocycles. The maximum Gasteiger partial charge on any atom is 0.253 e. The molecule has 0 radical (unpaired) electrons. The number of hydrogen-bond donors (Lipinski definition) is 2. The number of allylic oxidation sites excluding steroid dienone is 1. The van der Waals surface area contributed by atoms with Crippen LogP contribution in [0.2, 0.25) is 0 Å². The van der Waals surface area contributed by atoms with E-state index < -0.39 is 11.7 Å². The molecule has 0 fully saturated rings. The van der Waals surface area contributed by atoms with Crippen molar-refractivity contribution in [1.82, 2.24) is 15.5 Å². The first kappa shape index (κ1) is 21.7. The summed E-state index contributed by atoms with van der Waals surface area (Å²) in [5.41, 5.74) is 3.87. The van der Waals surface area contributed by atoms with Crippen molar-refractivity contribution in [3.63, 3.8) is 0 Å². The molecule has 0 aliphatic heterocycles. The lowest BCUT2D eigenvalue weighted by Gasteiger charge is -2.25. The van der Waals surface area contributed by atoms with Crippen LogP contribution in [-0.4, -0.2) is 50.4 Å². The van der Waals surface area contributed by atoms with Gasteiger partial charge in [0.15, 0.2) is 0 Å². The summed E-state index contributed by atoms with van der Waals surface area (Å²) in [6.45, 7) is 2.44. The van der Waals surface area contributed by atoms with Crippen molar-refractivity contribution < 1.29 is 14.0 Å². The summed E-state index contributed by atoms with van der Waals surface area (Å²) < 4.78 is 14.3. The van der Waals surface area contributed by atoms with Gasteiger partial charge < -0.3 is 15.5 Å². The number of benzene rings is 2. The molecule has 0 aromatic heterocycles. The topological polar surface area (TPSA) is 61.4 Å². The van der Waals surface area contributed by atoms with Crippen LogP contribution in [0.3, 0.4) is 0 Å². The summed E-state index contributed by atoms with van der Waals surface area (Å²) in [7, 11) is 5.33. The highest BCUT2D eigenvalue weighted by Crippen LogP contribution is 2.47. The minimum absolute atomic E-state index is 0.00552. The number of nitrogens with zero attached hydrogens (tertiary/aromatic N) is 1. The summed E-state index contributed by atoms with van der Waals surface area (Å²) in [5.74, 6) is -0.931. The van der Waals surface area contributed by atoms with Crippen LogP contribution < -0.4 is 10.6 Å². The molecule has 30 heavy (non-hydrogen) atoms. The Balaban J connectivity index is 1.61. The van der Waals surface area contributed by atoms with Crippen LogP contribution in [0.1, 0.15) is 34.3 Å². The molecular weight excluding hydrogens is 381 g/mol. The van der Waals surface area contributed by atoms with E-state index in [-0.39, 0.29) is 23.4 Å². The third kappa shape index (κ3) is 4.76. The van der Waals surface area contributed by atoms with Crippen molar-refractivity contribution in [3.8, 4) is 0 Å². The second-order valence-electron chi connectivity index (χ2n) is 7.87. The highest BCUT2D eigenvalue weighted by molar-refractivity contribution is 6.02. The zero-order valence-electron chi connectivity index (χ0n) is 17.8. The fourth-order valence-corrected chi connectivity index (χ4v) is 3.72. The van der Waals surface area contributed by atoms with E-state index in [1.165, 1.54) is 19.2 Å². The molecule has 0 heterocycles. The first-order chi connectivity index (χ1) is 14.3. The van der Waals surface area contributed by atoms with Gasteiger partial charge in [0.05, 0.1) is 5.56 Å². The molecular formula is C24H28FN3O2. The van der Waals surface area contributed by atoms with Crippen LogP contribution in [0, 0.1) is 5.82 Å². The van der Waals surface area contributed by atoms with Crippen LogP contribution in [0.4, 0.5) is 4.39 Å². The van der Waals surface area contributed by atoms with Gasteiger partial charge in [-0.2, -0.15) is 0 Å². The van der Waals surface area contributed by atoms with E-state index in [1.807, 2.05) is 56.3 Å². The van der Waals surface area contributed by atoms with E-state index in [0.29, 0.717) is 13.0 Å². The van der Waals surface area contributed by atoms with E-state index in [0.717, 1.165) is 22.3 Å². The predicted molar refractivity (Wildman–Crippen MR) is 116 cm³/mol. The standard InChI is InChI=1S/C24H28FN3O2/c1-15-21(17-8-6-5-7-9-17)22(15)24(30)27-14-18(28(3)4)12-16-10-11-19(20(25)13-16)23(29)26-2/h5-11,13,18,21H,12,14H2,1-4H3,(H,26,29)(H,27,30)/t18-,21+/m0/s1. The SMILES string of the molecule is CNC(=O)c1ccc(C[C@@H](CNC(=O)C2=C(C)[C@@H]2c2ccccc2)N(C)C)cc1F. The molecule has 0 saturated carbocycles. The highest BCUT2D eigenvalue weighted by atomic mass is 19.1. The monoisotopic (exact) mass is 409 g/mol. The minimum atomic E-state index is -0.544. The largest absolute Gasteiger partial charge is 0.355 e. The third-order valence-electron chi connectivity index (χ3n) is 5.65.